The minimum Gasteiger partial charge on any atom is -0.368 e. The van der Waals surface area contributed by atoms with E-state index in [9.17, 15) is 9.59 Å². The number of primary amides is 1. The first kappa shape index (κ1) is 15.3. The van der Waals surface area contributed by atoms with Crippen molar-refractivity contribution in [2.24, 2.45) is 5.73 Å². The highest BCUT2D eigenvalue weighted by molar-refractivity contribution is 5.97. The Morgan fingerprint density at radius 1 is 1.14 bits per heavy atom. The van der Waals surface area contributed by atoms with Crippen LogP contribution in [0.5, 0.6) is 0 Å². The number of nitriles is 1. The normalized spacial score (nSPS) is 11.2. The van der Waals surface area contributed by atoms with Crippen LogP contribution in [0.1, 0.15) is 21.5 Å². The minimum absolute atomic E-state index is 0.240. The molecule has 2 aromatic carbocycles. The lowest BCUT2D eigenvalue weighted by Gasteiger charge is -2.15. The summed E-state index contributed by atoms with van der Waals surface area (Å²) in [5.74, 6) is -0.979. The van der Waals surface area contributed by atoms with Crippen LogP contribution in [0, 0.1) is 11.3 Å². The summed E-state index contributed by atoms with van der Waals surface area (Å²) in [6.07, 6.45) is 0.240. The van der Waals surface area contributed by atoms with Crippen LogP contribution in [0.2, 0.25) is 0 Å². The zero-order valence-corrected chi connectivity index (χ0v) is 11.8. The number of carbonyl (C=O) groups excluding carboxylic acids is 2. The third-order valence-corrected chi connectivity index (χ3v) is 3.18. The van der Waals surface area contributed by atoms with Crippen molar-refractivity contribution in [3.05, 3.63) is 71.3 Å². The summed E-state index contributed by atoms with van der Waals surface area (Å²) in [7, 11) is 0. The lowest BCUT2D eigenvalue weighted by atomic mass is 10.0. The summed E-state index contributed by atoms with van der Waals surface area (Å²) in [6.45, 7) is 0. The molecule has 110 valence electrons. The smallest absolute Gasteiger partial charge is 0.251 e. The van der Waals surface area contributed by atoms with Gasteiger partial charge in [0.25, 0.3) is 5.91 Å². The quantitative estimate of drug-likeness (QED) is 0.871. The summed E-state index contributed by atoms with van der Waals surface area (Å²) in [4.78, 5) is 23.7. The molecule has 0 saturated heterocycles. The highest BCUT2D eigenvalue weighted by Crippen LogP contribution is 2.08. The minimum atomic E-state index is -0.832. The number of hydrogen-bond acceptors (Lipinski definition) is 3. The Balaban J connectivity index is 2.12. The summed E-state index contributed by atoms with van der Waals surface area (Å²) in [5, 5.41) is 11.5. The van der Waals surface area contributed by atoms with Crippen molar-refractivity contribution in [3.8, 4) is 6.07 Å². The fourth-order valence-electron chi connectivity index (χ4n) is 2.06. The molecule has 0 spiro atoms. The third-order valence-electron chi connectivity index (χ3n) is 3.18. The fraction of sp³-hybridized carbons (Fsp3) is 0.118. The van der Waals surface area contributed by atoms with E-state index in [1.165, 1.54) is 0 Å². The molecule has 0 radical (unpaired) electrons. The van der Waals surface area contributed by atoms with Gasteiger partial charge in [0, 0.05) is 12.0 Å². The van der Waals surface area contributed by atoms with E-state index in [1.54, 1.807) is 54.6 Å². The predicted octanol–water partition coefficient (Wildman–Crippen LogP) is 1.38. The second-order valence-corrected chi connectivity index (χ2v) is 4.81. The zero-order chi connectivity index (χ0) is 15.9. The van der Waals surface area contributed by atoms with Crippen molar-refractivity contribution in [1.82, 2.24) is 5.32 Å². The number of nitrogens with zero attached hydrogens (tertiary/aromatic N) is 1. The maximum absolute atomic E-state index is 12.1. The van der Waals surface area contributed by atoms with Gasteiger partial charge >= 0.3 is 0 Å². The Hall–Kier alpha value is -3.13. The molecular weight excluding hydrogens is 278 g/mol. The molecule has 0 heterocycles. The van der Waals surface area contributed by atoms with Crippen molar-refractivity contribution in [2.75, 3.05) is 0 Å². The van der Waals surface area contributed by atoms with Crippen LogP contribution in [-0.4, -0.2) is 17.9 Å². The van der Waals surface area contributed by atoms with Crippen LogP contribution >= 0.6 is 0 Å². The highest BCUT2D eigenvalue weighted by Gasteiger charge is 2.19. The van der Waals surface area contributed by atoms with Crippen molar-refractivity contribution in [3.63, 3.8) is 0 Å². The SMILES string of the molecule is N#Cc1cccc(C[C@@H](NC(=O)c2ccccc2)C(N)=O)c1. The van der Waals surface area contributed by atoms with Crippen LogP contribution in [0.25, 0.3) is 0 Å². The number of hydrogen-bond donors (Lipinski definition) is 2. The summed E-state index contributed by atoms with van der Waals surface area (Å²) in [6, 6.07) is 16.7. The van der Waals surface area contributed by atoms with E-state index in [-0.39, 0.29) is 12.3 Å². The van der Waals surface area contributed by atoms with E-state index < -0.39 is 11.9 Å². The molecule has 0 aromatic heterocycles. The maximum atomic E-state index is 12.1. The molecule has 22 heavy (non-hydrogen) atoms. The fourth-order valence-corrected chi connectivity index (χ4v) is 2.06. The molecule has 0 saturated carbocycles. The van der Waals surface area contributed by atoms with Crippen LogP contribution < -0.4 is 11.1 Å². The third kappa shape index (κ3) is 3.93. The van der Waals surface area contributed by atoms with E-state index in [0.717, 1.165) is 5.56 Å². The van der Waals surface area contributed by atoms with Gasteiger partial charge in [0.1, 0.15) is 6.04 Å². The Morgan fingerprint density at radius 2 is 1.86 bits per heavy atom. The van der Waals surface area contributed by atoms with E-state index >= 15 is 0 Å². The van der Waals surface area contributed by atoms with E-state index in [1.807, 2.05) is 6.07 Å². The zero-order valence-electron chi connectivity index (χ0n) is 11.8. The Morgan fingerprint density at radius 3 is 2.50 bits per heavy atom. The first-order chi connectivity index (χ1) is 10.6. The molecule has 1 atom stereocenters. The Labute approximate surface area is 128 Å². The number of carbonyl (C=O) groups is 2. The average molecular weight is 293 g/mol. The molecule has 3 N–H and O–H groups in total. The molecule has 2 amide bonds. The van der Waals surface area contributed by atoms with E-state index in [2.05, 4.69) is 5.32 Å². The van der Waals surface area contributed by atoms with Crippen molar-refractivity contribution in [2.45, 2.75) is 12.5 Å². The topological polar surface area (TPSA) is 96.0 Å². The molecule has 2 rings (SSSR count). The van der Waals surface area contributed by atoms with Crippen LogP contribution in [0.4, 0.5) is 0 Å². The molecule has 5 nitrogen and oxygen atoms in total. The Bertz CT molecular complexity index is 720. The second kappa shape index (κ2) is 7.04. The summed E-state index contributed by atoms with van der Waals surface area (Å²) in [5.41, 5.74) is 7.08. The van der Waals surface area contributed by atoms with Gasteiger partial charge in [0.05, 0.1) is 11.6 Å². The number of nitrogens with two attached hydrogens (primary N) is 1. The molecule has 2 aromatic rings. The molecule has 0 unspecified atom stereocenters. The van der Waals surface area contributed by atoms with Crippen molar-refractivity contribution in [1.29, 1.82) is 5.26 Å². The highest BCUT2D eigenvalue weighted by atomic mass is 16.2. The molecule has 0 aliphatic carbocycles. The molecular formula is C17H15N3O2. The van der Waals surface area contributed by atoms with Gasteiger partial charge in [-0.05, 0) is 29.8 Å². The van der Waals surface area contributed by atoms with E-state index in [4.69, 9.17) is 11.0 Å². The molecule has 5 heteroatoms. The number of benzene rings is 2. The van der Waals surface area contributed by atoms with Crippen molar-refractivity contribution < 1.29 is 9.59 Å². The van der Waals surface area contributed by atoms with Gasteiger partial charge in [0.15, 0.2) is 0 Å². The summed E-state index contributed by atoms with van der Waals surface area (Å²) >= 11 is 0. The van der Waals surface area contributed by atoms with E-state index in [0.29, 0.717) is 11.1 Å². The number of rotatable bonds is 5. The summed E-state index contributed by atoms with van der Waals surface area (Å²) < 4.78 is 0. The average Bonchev–Trinajstić information content (AvgIpc) is 2.55. The Kier molecular flexibility index (Phi) is 4.89. The van der Waals surface area contributed by atoms with Crippen LogP contribution in [-0.2, 0) is 11.2 Å². The largest absolute Gasteiger partial charge is 0.368 e. The van der Waals surface area contributed by atoms with Gasteiger partial charge in [-0.1, -0.05) is 30.3 Å². The van der Waals surface area contributed by atoms with Gasteiger partial charge < -0.3 is 11.1 Å². The number of amides is 2. The monoisotopic (exact) mass is 293 g/mol. The molecule has 0 aliphatic heterocycles. The first-order valence-electron chi connectivity index (χ1n) is 6.74. The van der Waals surface area contributed by atoms with Gasteiger partial charge in [-0.15, -0.1) is 0 Å². The predicted molar refractivity (Wildman–Crippen MR) is 81.8 cm³/mol. The standard InChI is InChI=1S/C17H15N3O2/c18-11-13-6-4-5-12(9-13)10-15(16(19)21)20-17(22)14-7-2-1-3-8-14/h1-9,15H,10H2,(H2,19,21)(H,20,22)/t15-/m1/s1. The van der Waals surface area contributed by atoms with Gasteiger partial charge in [-0.2, -0.15) is 5.26 Å². The first-order valence-corrected chi connectivity index (χ1v) is 6.74. The lowest BCUT2D eigenvalue weighted by molar-refractivity contribution is -0.119. The van der Waals surface area contributed by atoms with Gasteiger partial charge in [-0.3, -0.25) is 9.59 Å². The maximum Gasteiger partial charge on any atom is 0.251 e. The van der Waals surface area contributed by atoms with Gasteiger partial charge in [-0.25, -0.2) is 0 Å². The molecule has 0 fully saturated rings. The van der Waals surface area contributed by atoms with Crippen LogP contribution in [0.15, 0.2) is 54.6 Å². The van der Waals surface area contributed by atoms with Crippen molar-refractivity contribution >= 4 is 11.8 Å². The molecule has 0 aliphatic rings. The van der Waals surface area contributed by atoms with Crippen LogP contribution in [0.3, 0.4) is 0 Å². The number of nitrogens with one attached hydrogen (secondary N) is 1. The molecule has 0 bridgehead atoms. The van der Waals surface area contributed by atoms with Gasteiger partial charge in [0.2, 0.25) is 5.91 Å². The second-order valence-electron chi connectivity index (χ2n) is 4.81. The lowest BCUT2D eigenvalue weighted by Crippen LogP contribution is -2.45.